The Morgan fingerprint density at radius 3 is 1.05 bits per heavy atom. The first-order valence-corrected chi connectivity index (χ1v) is 27.9. The van der Waals surface area contributed by atoms with Gasteiger partial charge >= 0.3 is 0 Å². The summed E-state index contributed by atoms with van der Waals surface area (Å²) in [5.41, 5.74) is 25.2. The highest BCUT2D eigenvalue weighted by molar-refractivity contribution is 6.15. The van der Waals surface area contributed by atoms with E-state index in [-0.39, 0.29) is 11.8 Å². The molecule has 382 valence electrons. The molecule has 0 saturated carbocycles. The molecule has 0 N–H and O–H groups in total. The fourth-order valence-corrected chi connectivity index (χ4v) is 13.3. The molecule has 0 radical (unpaired) electrons. The van der Waals surface area contributed by atoms with Crippen LogP contribution in [0.5, 0.6) is 0 Å². The summed E-state index contributed by atoms with van der Waals surface area (Å²) < 4.78 is 12.8. The van der Waals surface area contributed by atoms with Crippen LogP contribution in [0.4, 0.5) is 0 Å². The molecule has 6 heteroatoms. The van der Waals surface area contributed by atoms with Gasteiger partial charge in [0.05, 0.1) is 22.8 Å². The quantitative estimate of drug-likeness (QED) is 0.151. The van der Waals surface area contributed by atoms with Crippen molar-refractivity contribution in [3.63, 3.8) is 0 Å². The van der Waals surface area contributed by atoms with Gasteiger partial charge in [-0.05, 0) is 104 Å². The van der Waals surface area contributed by atoms with Crippen LogP contribution in [-0.4, -0.2) is 19.9 Å². The molecule has 0 spiro atoms. The third-order valence-corrected chi connectivity index (χ3v) is 16.9. The Morgan fingerprint density at radius 2 is 0.585 bits per heavy atom. The zero-order valence-electron chi connectivity index (χ0n) is 44.2. The van der Waals surface area contributed by atoms with Crippen molar-refractivity contribution in [2.75, 3.05) is 0 Å². The van der Waals surface area contributed by atoms with E-state index in [4.69, 9.17) is 28.8 Å². The standard InChI is InChI=1S/C76H46N4O2/c1-3-19-45(20-4-1)75-77-63(43-65(79-75)51-25-9-7-23-49(51)53-31-17-35-69-73(53)59-29-13-15-33-67(59)81-69)47-37-39-57-61(41-47)71-55-27-11-12-28-56(55)72(57)62-42-48(38-40-58(62)71)64-44-66(80-76(78-64)46-21-5-2-6-22-46)52-26-10-8-24-50(52)54-32-18-36-70-74(54)60-30-14-16-34-68(60)82-70/h1-44,71-72H. The Hall–Kier alpha value is -10.8. The van der Waals surface area contributed by atoms with E-state index in [0.717, 1.165) is 122 Å². The van der Waals surface area contributed by atoms with Gasteiger partial charge in [-0.2, -0.15) is 0 Å². The van der Waals surface area contributed by atoms with Gasteiger partial charge in [-0.25, -0.2) is 19.9 Å². The van der Waals surface area contributed by atoms with E-state index in [9.17, 15) is 0 Å². The van der Waals surface area contributed by atoms with Crippen molar-refractivity contribution in [2.24, 2.45) is 0 Å². The van der Waals surface area contributed by atoms with E-state index in [1.165, 1.54) is 33.4 Å². The second-order valence-electron chi connectivity index (χ2n) is 21.5. The van der Waals surface area contributed by atoms with E-state index < -0.39 is 0 Å². The monoisotopic (exact) mass is 1050 g/mol. The molecule has 2 atom stereocenters. The van der Waals surface area contributed by atoms with Gasteiger partial charge in [0.1, 0.15) is 22.3 Å². The lowest BCUT2D eigenvalue weighted by atomic mass is 9.60. The highest BCUT2D eigenvalue weighted by Crippen LogP contribution is 2.57. The molecule has 2 bridgehead atoms. The summed E-state index contributed by atoms with van der Waals surface area (Å²) in [6.45, 7) is 0. The van der Waals surface area contributed by atoms with Gasteiger partial charge < -0.3 is 8.83 Å². The van der Waals surface area contributed by atoms with E-state index in [0.29, 0.717) is 11.6 Å². The minimum atomic E-state index is 0.00975. The molecule has 4 heterocycles. The average Bonchev–Trinajstić information content (AvgIpc) is 2.44. The van der Waals surface area contributed by atoms with Crippen molar-refractivity contribution in [1.29, 1.82) is 0 Å². The SMILES string of the molecule is c1ccc(-c2nc(-c3ccc4c(c3)C3c5ccccc5C4c4cc(-c5cc(-c6ccccc6-c6cccc7oc8ccccc8c67)nc(-c6ccccc6)n5)ccc43)cc(-c3ccccc3-c3cccc4oc5ccccc5c34)n2)cc1. The average molecular weight is 1050 g/mol. The van der Waals surface area contributed by atoms with Crippen LogP contribution in [0.25, 0.3) is 134 Å². The van der Waals surface area contributed by atoms with Gasteiger partial charge in [-0.15, -0.1) is 0 Å². The first-order chi connectivity index (χ1) is 40.6. The lowest BCUT2D eigenvalue weighted by Gasteiger charge is -2.42. The number of nitrogens with zero attached hydrogens (tertiary/aromatic N) is 4. The van der Waals surface area contributed by atoms with Crippen LogP contribution in [0.15, 0.2) is 276 Å². The molecule has 18 rings (SSSR count). The second-order valence-corrected chi connectivity index (χ2v) is 21.5. The molecule has 3 aliphatic carbocycles. The van der Waals surface area contributed by atoms with Crippen LogP contribution in [0, 0.1) is 0 Å². The maximum absolute atomic E-state index is 6.39. The van der Waals surface area contributed by atoms with Crippen LogP contribution >= 0.6 is 0 Å². The van der Waals surface area contributed by atoms with Gasteiger partial charge in [0.25, 0.3) is 0 Å². The number of hydrogen-bond acceptors (Lipinski definition) is 6. The number of furan rings is 2. The van der Waals surface area contributed by atoms with Crippen molar-refractivity contribution < 1.29 is 8.83 Å². The molecular weight excluding hydrogens is 1000 g/mol. The van der Waals surface area contributed by atoms with Crippen LogP contribution < -0.4 is 0 Å². The molecule has 82 heavy (non-hydrogen) atoms. The first kappa shape index (κ1) is 46.1. The molecule has 0 saturated heterocycles. The fourth-order valence-electron chi connectivity index (χ4n) is 13.3. The highest BCUT2D eigenvalue weighted by Gasteiger charge is 2.41. The lowest BCUT2D eigenvalue weighted by Crippen LogP contribution is -2.27. The van der Waals surface area contributed by atoms with Crippen LogP contribution in [-0.2, 0) is 0 Å². The Balaban J connectivity index is 0.797. The number of fused-ring (bicyclic) bond motifs is 6. The lowest BCUT2D eigenvalue weighted by molar-refractivity contribution is 0.668. The Bertz CT molecular complexity index is 4760. The normalized spacial score (nSPS) is 14.1. The summed E-state index contributed by atoms with van der Waals surface area (Å²) in [6, 6.07) is 94.5. The Labute approximate surface area is 472 Å². The van der Waals surface area contributed by atoms with E-state index in [1.54, 1.807) is 0 Å². The van der Waals surface area contributed by atoms with Crippen molar-refractivity contribution >= 4 is 43.9 Å². The fraction of sp³-hybridized carbons (Fsp3) is 0.0263. The number of para-hydroxylation sites is 2. The number of benzene rings is 11. The molecular formula is C76H46N4O2. The number of aromatic nitrogens is 4. The van der Waals surface area contributed by atoms with Gasteiger partial charge in [0.2, 0.25) is 0 Å². The summed E-state index contributed by atoms with van der Waals surface area (Å²) in [5, 5.41) is 4.36. The predicted molar refractivity (Wildman–Crippen MR) is 330 cm³/mol. The van der Waals surface area contributed by atoms with Gasteiger partial charge in [0, 0.05) is 66.8 Å². The van der Waals surface area contributed by atoms with Crippen LogP contribution in [0.1, 0.15) is 45.2 Å². The minimum Gasteiger partial charge on any atom is -0.456 e. The third kappa shape index (κ3) is 7.28. The first-order valence-electron chi connectivity index (χ1n) is 27.9. The topological polar surface area (TPSA) is 77.8 Å². The minimum absolute atomic E-state index is 0.00975. The molecule has 6 nitrogen and oxygen atoms in total. The summed E-state index contributed by atoms with van der Waals surface area (Å²) in [6.07, 6.45) is 0. The zero-order chi connectivity index (χ0) is 53.8. The molecule has 3 aliphatic rings. The van der Waals surface area contributed by atoms with E-state index in [1.807, 2.05) is 36.4 Å². The van der Waals surface area contributed by atoms with Crippen molar-refractivity contribution in [3.05, 3.63) is 300 Å². The molecule has 0 amide bonds. The van der Waals surface area contributed by atoms with Crippen molar-refractivity contribution in [1.82, 2.24) is 19.9 Å². The van der Waals surface area contributed by atoms with Gasteiger partial charge in [-0.1, -0.05) is 218 Å². The largest absolute Gasteiger partial charge is 0.456 e. The van der Waals surface area contributed by atoms with E-state index in [2.05, 4.69) is 231 Å². The van der Waals surface area contributed by atoms with Crippen LogP contribution in [0.3, 0.4) is 0 Å². The van der Waals surface area contributed by atoms with Crippen molar-refractivity contribution in [2.45, 2.75) is 11.8 Å². The maximum atomic E-state index is 6.39. The summed E-state index contributed by atoms with van der Waals surface area (Å²) in [4.78, 5) is 21.5. The highest BCUT2D eigenvalue weighted by atomic mass is 16.3. The van der Waals surface area contributed by atoms with Crippen molar-refractivity contribution in [3.8, 4) is 90.1 Å². The number of rotatable bonds is 8. The Morgan fingerprint density at radius 1 is 0.232 bits per heavy atom. The molecule has 11 aromatic carbocycles. The third-order valence-electron chi connectivity index (χ3n) is 16.9. The van der Waals surface area contributed by atoms with Gasteiger partial charge in [-0.3, -0.25) is 0 Å². The zero-order valence-corrected chi connectivity index (χ0v) is 44.2. The summed E-state index contributed by atoms with van der Waals surface area (Å²) in [7, 11) is 0. The maximum Gasteiger partial charge on any atom is 0.160 e. The smallest absolute Gasteiger partial charge is 0.160 e. The molecule has 4 aromatic heterocycles. The summed E-state index contributed by atoms with van der Waals surface area (Å²) >= 11 is 0. The number of hydrogen-bond donors (Lipinski definition) is 0. The molecule has 0 aliphatic heterocycles. The second kappa shape index (κ2) is 18.4. The van der Waals surface area contributed by atoms with Crippen LogP contribution in [0.2, 0.25) is 0 Å². The van der Waals surface area contributed by atoms with E-state index >= 15 is 0 Å². The predicted octanol–water partition coefficient (Wildman–Crippen LogP) is 19.4. The molecule has 15 aromatic rings. The molecule has 0 fully saturated rings. The van der Waals surface area contributed by atoms with Gasteiger partial charge in [0.15, 0.2) is 11.6 Å². The molecule has 2 unspecified atom stereocenters. The Kier molecular flexibility index (Phi) is 10.3. The summed E-state index contributed by atoms with van der Waals surface area (Å²) in [5.74, 6) is 1.37.